The predicted octanol–water partition coefficient (Wildman–Crippen LogP) is 5.41. The van der Waals surface area contributed by atoms with E-state index in [1.54, 1.807) is 24.3 Å². The monoisotopic (exact) mass is 527 g/mol. The second-order valence-corrected chi connectivity index (χ2v) is 9.34. The normalized spacial score (nSPS) is 14.4. The summed E-state index contributed by atoms with van der Waals surface area (Å²) in [6.45, 7) is -0.445. The molecule has 4 rings (SSSR count). The number of benzene rings is 3. The van der Waals surface area contributed by atoms with Gasteiger partial charge in [-0.25, -0.2) is 8.78 Å². The van der Waals surface area contributed by atoms with Crippen molar-refractivity contribution < 1.29 is 33.0 Å². The van der Waals surface area contributed by atoms with Gasteiger partial charge >= 0.3 is 5.97 Å². The van der Waals surface area contributed by atoms with Gasteiger partial charge in [0.15, 0.2) is 11.5 Å². The Kier molecular flexibility index (Phi) is 7.97. The van der Waals surface area contributed by atoms with Crippen LogP contribution in [-0.4, -0.2) is 32.7 Å². The maximum absolute atomic E-state index is 14.1. The van der Waals surface area contributed by atoms with Gasteiger partial charge in [-0.15, -0.1) is 0 Å². The van der Waals surface area contributed by atoms with Crippen molar-refractivity contribution >= 4 is 46.3 Å². The molecule has 0 spiro atoms. The zero-order valence-corrected chi connectivity index (χ0v) is 20.3. The van der Waals surface area contributed by atoms with Gasteiger partial charge in [0.25, 0.3) is 5.91 Å². The third kappa shape index (κ3) is 6.27. The minimum absolute atomic E-state index is 0.153. The molecule has 0 atom stereocenters. The summed E-state index contributed by atoms with van der Waals surface area (Å²) in [5.41, 5.74) is 1.65. The van der Waals surface area contributed by atoms with E-state index in [9.17, 15) is 18.4 Å². The van der Waals surface area contributed by atoms with Crippen molar-refractivity contribution in [2.45, 2.75) is 13.2 Å². The molecule has 36 heavy (non-hydrogen) atoms. The molecule has 0 saturated carbocycles. The highest BCUT2D eigenvalue weighted by Crippen LogP contribution is 2.35. The van der Waals surface area contributed by atoms with E-state index in [1.807, 2.05) is 30.3 Å². The number of carbonyl (C=O) groups is 2. The summed E-state index contributed by atoms with van der Waals surface area (Å²) in [6, 6.07) is 17.7. The molecule has 1 aliphatic heterocycles. The Balaban J connectivity index is 1.59. The Hall–Kier alpha value is -3.76. The number of thiocarbonyl (C=S) groups is 1. The van der Waals surface area contributed by atoms with Gasteiger partial charge in [0.2, 0.25) is 0 Å². The van der Waals surface area contributed by atoms with Crippen molar-refractivity contribution in [3.05, 3.63) is 100.0 Å². The standard InChI is InChI=1S/C26H19F2NO5S2/c27-19-8-7-18(20(28)12-19)15-34-22-10-17(6-9-21(22)33-14-16-4-2-1-3-5-16)11-23-25(32)29(13-24(30)31)26(35)36-23/h1-12H,13-15H2,(H,30,31)/b23-11-. The van der Waals surface area contributed by atoms with E-state index in [1.165, 1.54) is 6.07 Å². The zero-order valence-electron chi connectivity index (χ0n) is 18.6. The number of nitrogens with zero attached hydrogens (tertiary/aromatic N) is 1. The molecule has 1 fully saturated rings. The molecule has 0 radical (unpaired) electrons. The number of carbonyl (C=O) groups excluding carboxylic acids is 1. The SMILES string of the molecule is O=C(O)CN1C(=O)/C(=C/c2ccc(OCc3ccccc3)c(OCc3ccc(F)cc3F)c2)SC1=S. The first-order valence-corrected chi connectivity index (χ1v) is 11.9. The molecule has 0 unspecified atom stereocenters. The highest BCUT2D eigenvalue weighted by atomic mass is 32.2. The molecule has 1 amide bonds. The van der Waals surface area contributed by atoms with Crippen LogP contribution in [0.4, 0.5) is 8.78 Å². The fourth-order valence-electron chi connectivity index (χ4n) is 3.30. The van der Waals surface area contributed by atoms with Crippen LogP contribution in [0.25, 0.3) is 6.08 Å². The molecule has 1 aliphatic rings. The smallest absolute Gasteiger partial charge is 0.323 e. The second-order valence-electron chi connectivity index (χ2n) is 7.67. The lowest BCUT2D eigenvalue weighted by atomic mass is 10.1. The van der Waals surface area contributed by atoms with Crippen molar-refractivity contribution in [1.82, 2.24) is 4.90 Å². The highest BCUT2D eigenvalue weighted by molar-refractivity contribution is 8.26. The summed E-state index contributed by atoms with van der Waals surface area (Å²) in [7, 11) is 0. The first-order chi connectivity index (χ1) is 17.3. The van der Waals surface area contributed by atoms with Gasteiger partial charge in [-0.3, -0.25) is 14.5 Å². The van der Waals surface area contributed by atoms with Crippen LogP contribution < -0.4 is 9.47 Å². The third-order valence-corrected chi connectivity index (χ3v) is 6.45. The number of amides is 1. The fourth-order valence-corrected chi connectivity index (χ4v) is 4.55. The Bertz CT molecular complexity index is 1350. The Morgan fingerprint density at radius 2 is 1.75 bits per heavy atom. The van der Waals surface area contributed by atoms with Crippen LogP contribution in [0.5, 0.6) is 11.5 Å². The van der Waals surface area contributed by atoms with Crippen LogP contribution in [0, 0.1) is 11.6 Å². The average molecular weight is 528 g/mol. The molecule has 1 saturated heterocycles. The minimum atomic E-state index is -1.17. The summed E-state index contributed by atoms with van der Waals surface area (Å²) in [5, 5.41) is 9.01. The minimum Gasteiger partial charge on any atom is -0.485 e. The summed E-state index contributed by atoms with van der Waals surface area (Å²) < 4.78 is 39.3. The van der Waals surface area contributed by atoms with Crippen LogP contribution in [0.1, 0.15) is 16.7 Å². The number of ether oxygens (including phenoxy) is 2. The summed E-state index contributed by atoms with van der Waals surface area (Å²) >= 11 is 6.13. The van der Waals surface area contributed by atoms with Crippen molar-refractivity contribution in [2.75, 3.05) is 6.54 Å². The van der Waals surface area contributed by atoms with E-state index >= 15 is 0 Å². The number of aliphatic carboxylic acids is 1. The Morgan fingerprint density at radius 3 is 2.47 bits per heavy atom. The number of rotatable bonds is 9. The molecular formula is C26H19F2NO5S2. The lowest BCUT2D eigenvalue weighted by molar-refractivity contribution is -0.140. The lowest BCUT2D eigenvalue weighted by Gasteiger charge is -2.14. The summed E-state index contributed by atoms with van der Waals surface area (Å²) in [6.07, 6.45) is 1.56. The van der Waals surface area contributed by atoms with Gasteiger partial charge in [0, 0.05) is 11.6 Å². The van der Waals surface area contributed by atoms with Gasteiger partial charge in [-0.2, -0.15) is 0 Å². The van der Waals surface area contributed by atoms with Crippen molar-refractivity contribution in [2.24, 2.45) is 0 Å². The largest absolute Gasteiger partial charge is 0.485 e. The lowest BCUT2D eigenvalue weighted by Crippen LogP contribution is -2.33. The molecule has 1 N–H and O–H groups in total. The quantitative estimate of drug-likeness (QED) is 0.295. The zero-order chi connectivity index (χ0) is 25.7. The first-order valence-electron chi connectivity index (χ1n) is 10.6. The molecule has 0 aliphatic carbocycles. The molecule has 10 heteroatoms. The van der Waals surface area contributed by atoms with Crippen LogP contribution in [0.15, 0.2) is 71.6 Å². The summed E-state index contributed by atoms with van der Waals surface area (Å²) in [4.78, 5) is 24.9. The molecule has 3 aromatic rings. The third-order valence-electron chi connectivity index (χ3n) is 5.07. The van der Waals surface area contributed by atoms with Gasteiger partial charge in [0.05, 0.1) is 4.91 Å². The number of carboxylic acids is 1. The number of hydrogen-bond donors (Lipinski definition) is 1. The molecule has 1 heterocycles. The van der Waals surface area contributed by atoms with E-state index in [0.29, 0.717) is 11.3 Å². The predicted molar refractivity (Wildman–Crippen MR) is 135 cm³/mol. The van der Waals surface area contributed by atoms with Crippen molar-refractivity contribution in [1.29, 1.82) is 0 Å². The van der Waals surface area contributed by atoms with Gasteiger partial charge < -0.3 is 14.6 Å². The van der Waals surface area contributed by atoms with Gasteiger partial charge in [-0.1, -0.05) is 60.4 Å². The van der Waals surface area contributed by atoms with E-state index in [-0.39, 0.29) is 33.8 Å². The van der Waals surface area contributed by atoms with Gasteiger partial charge in [0.1, 0.15) is 35.7 Å². The molecular weight excluding hydrogens is 508 g/mol. The van der Waals surface area contributed by atoms with Crippen LogP contribution in [0.3, 0.4) is 0 Å². The number of thioether (sulfide) groups is 1. The molecule has 6 nitrogen and oxygen atoms in total. The van der Waals surface area contributed by atoms with Gasteiger partial charge in [-0.05, 0) is 41.5 Å². The van der Waals surface area contributed by atoms with E-state index in [4.69, 9.17) is 26.8 Å². The van der Waals surface area contributed by atoms with E-state index in [2.05, 4.69) is 0 Å². The molecule has 0 bridgehead atoms. The number of halogens is 2. The fraction of sp³-hybridized carbons (Fsp3) is 0.115. The molecule has 0 aromatic heterocycles. The Morgan fingerprint density at radius 1 is 1.00 bits per heavy atom. The first kappa shape index (κ1) is 25.3. The topological polar surface area (TPSA) is 76.1 Å². The van der Waals surface area contributed by atoms with Crippen LogP contribution in [-0.2, 0) is 22.8 Å². The van der Waals surface area contributed by atoms with E-state index in [0.717, 1.165) is 34.4 Å². The average Bonchev–Trinajstić information content (AvgIpc) is 3.10. The molecule has 3 aromatic carbocycles. The van der Waals surface area contributed by atoms with Crippen LogP contribution >= 0.6 is 24.0 Å². The molecule has 184 valence electrons. The maximum atomic E-state index is 14.1. The number of hydrogen-bond acceptors (Lipinski definition) is 6. The number of carboxylic acid groups (broad SMARTS) is 1. The maximum Gasteiger partial charge on any atom is 0.323 e. The van der Waals surface area contributed by atoms with E-state index < -0.39 is 30.1 Å². The second kappa shape index (κ2) is 11.3. The Labute approximate surface area is 215 Å². The summed E-state index contributed by atoms with van der Waals surface area (Å²) in [5.74, 6) is -2.43. The van der Waals surface area contributed by atoms with Crippen LogP contribution in [0.2, 0.25) is 0 Å². The highest BCUT2D eigenvalue weighted by Gasteiger charge is 2.33. The van der Waals surface area contributed by atoms with Crippen molar-refractivity contribution in [3.63, 3.8) is 0 Å². The van der Waals surface area contributed by atoms with Crippen molar-refractivity contribution in [3.8, 4) is 11.5 Å².